The summed E-state index contributed by atoms with van der Waals surface area (Å²) < 4.78 is 13.9. The van der Waals surface area contributed by atoms with Gasteiger partial charge in [-0.15, -0.1) is 0 Å². The zero-order chi connectivity index (χ0) is 33.7. The van der Waals surface area contributed by atoms with Crippen molar-refractivity contribution in [3.63, 3.8) is 0 Å². The number of hydrogen-bond acceptors (Lipinski definition) is 9. The molecule has 46 heavy (non-hydrogen) atoms. The molecule has 2 aromatic heterocycles. The molecule has 0 fully saturated rings. The summed E-state index contributed by atoms with van der Waals surface area (Å²) in [4.78, 5) is 22.9. The van der Waals surface area contributed by atoms with Crippen molar-refractivity contribution in [2.24, 2.45) is 5.92 Å². The van der Waals surface area contributed by atoms with Crippen molar-refractivity contribution in [1.29, 1.82) is 5.26 Å². The standard InChI is InChI=1S/C34H49BN7O3Si/c1-24(2)11-12-29-30(20-41(40-29)15-10-16-44-7)39-32-37-14-13-28(38-32)25-17-26(19-36)31-27(18-25)34(6,21-42(31)35-23-43)22-45-46(8,9)33(3,4)5/h13-14,17-18,20,23-24H,10-12,15-16,21-22H2,1-9H3,(H,37,38,39)/t34-/m1/s1. The summed E-state index contributed by atoms with van der Waals surface area (Å²) in [5.74, 6) is 1.01. The largest absolute Gasteiger partial charge is 0.416 e. The second kappa shape index (κ2) is 14.5. The molecule has 1 atom stereocenters. The highest BCUT2D eigenvalue weighted by Crippen LogP contribution is 2.46. The monoisotopic (exact) mass is 642 g/mol. The molecule has 10 nitrogen and oxygen atoms in total. The van der Waals surface area contributed by atoms with Crippen LogP contribution < -0.4 is 10.1 Å². The van der Waals surface area contributed by atoms with Gasteiger partial charge in [0.05, 0.1) is 22.6 Å². The maximum absolute atomic E-state index is 11.6. The van der Waals surface area contributed by atoms with Gasteiger partial charge in [0.2, 0.25) is 5.95 Å². The van der Waals surface area contributed by atoms with Gasteiger partial charge in [-0.2, -0.15) is 10.4 Å². The SMILES string of the molecule is COCCCn1cc(Nc2nccc(-c3cc(C#N)c4c(c3)[C@@](C)(CO[Si](C)(C)C(C)(C)C)CN4[B]C=O)n2)c(CCC(C)C)n1. The maximum atomic E-state index is 11.6. The Balaban J connectivity index is 1.69. The van der Waals surface area contributed by atoms with Gasteiger partial charge in [0.1, 0.15) is 12.3 Å². The number of nitriles is 1. The lowest BCUT2D eigenvalue weighted by Gasteiger charge is -2.39. The Morgan fingerprint density at radius 2 is 2.04 bits per heavy atom. The molecule has 12 heteroatoms. The molecular weight excluding hydrogens is 593 g/mol. The topological polar surface area (TPSA) is 118 Å². The zero-order valence-electron chi connectivity index (χ0n) is 29.0. The van der Waals surface area contributed by atoms with Crippen molar-refractivity contribution in [2.75, 3.05) is 37.0 Å². The number of aryl methyl sites for hydroxylation is 2. The van der Waals surface area contributed by atoms with Crippen LogP contribution in [0.4, 0.5) is 17.3 Å². The maximum Gasteiger partial charge on any atom is 0.329 e. The van der Waals surface area contributed by atoms with Crippen LogP contribution in [0.15, 0.2) is 30.6 Å². The average Bonchev–Trinajstić information content (AvgIpc) is 3.51. The summed E-state index contributed by atoms with van der Waals surface area (Å²) in [6.45, 7) is 20.2. The molecule has 245 valence electrons. The first-order chi connectivity index (χ1) is 21.7. The van der Waals surface area contributed by atoms with E-state index in [-0.39, 0.29) is 5.04 Å². The fourth-order valence-corrected chi connectivity index (χ4v) is 6.53. The molecule has 1 N–H and O–H groups in total. The number of hydrogen-bond donors (Lipinski definition) is 1. The molecule has 0 saturated carbocycles. The molecule has 1 aliphatic rings. The molecule has 1 radical (unpaired) electrons. The highest BCUT2D eigenvalue weighted by atomic mass is 28.4. The Labute approximate surface area is 276 Å². The third-order valence-corrected chi connectivity index (χ3v) is 13.7. The predicted octanol–water partition coefficient (Wildman–Crippen LogP) is 6.49. The van der Waals surface area contributed by atoms with Crippen LogP contribution in [0, 0.1) is 17.2 Å². The number of carbonyl (C=O) groups excluding carboxylic acids is 1. The number of nitrogens with one attached hydrogen (secondary N) is 1. The van der Waals surface area contributed by atoms with Crippen molar-refractivity contribution in [3.05, 3.63) is 47.4 Å². The normalized spacial score (nSPS) is 16.4. The Kier molecular flexibility index (Phi) is 11.1. The van der Waals surface area contributed by atoms with E-state index in [0.717, 1.165) is 60.2 Å². The van der Waals surface area contributed by atoms with Crippen LogP contribution in [0.1, 0.15) is 71.2 Å². The van der Waals surface area contributed by atoms with Crippen LogP contribution >= 0.6 is 0 Å². The summed E-state index contributed by atoms with van der Waals surface area (Å²) in [5.41, 5.74) is 5.14. The lowest BCUT2D eigenvalue weighted by atomic mass is 9.83. The van der Waals surface area contributed by atoms with Gasteiger partial charge < -0.3 is 24.1 Å². The van der Waals surface area contributed by atoms with Gasteiger partial charge in [0.25, 0.3) is 0 Å². The number of methoxy groups -OCH3 is 1. The fourth-order valence-electron chi connectivity index (χ4n) is 5.42. The van der Waals surface area contributed by atoms with Gasteiger partial charge in [-0.1, -0.05) is 41.5 Å². The second-order valence-electron chi connectivity index (χ2n) is 14.5. The van der Waals surface area contributed by atoms with Crippen molar-refractivity contribution in [2.45, 2.75) is 90.9 Å². The van der Waals surface area contributed by atoms with Gasteiger partial charge in [-0.05, 0) is 67.1 Å². The molecular formula is C34H49BN7O3Si. The summed E-state index contributed by atoms with van der Waals surface area (Å²) in [6, 6.07) is 8.18. The van der Waals surface area contributed by atoms with E-state index in [1.54, 1.807) is 13.3 Å². The zero-order valence-corrected chi connectivity index (χ0v) is 30.0. The van der Waals surface area contributed by atoms with Crippen LogP contribution in [-0.4, -0.2) is 68.5 Å². The summed E-state index contributed by atoms with van der Waals surface area (Å²) in [7, 11) is 1.16. The number of nitrogens with zero attached hydrogens (tertiary/aromatic N) is 6. The molecule has 3 aromatic rings. The minimum absolute atomic E-state index is 0.0541. The van der Waals surface area contributed by atoms with E-state index in [0.29, 0.717) is 42.9 Å². The molecule has 0 spiro atoms. The Hall–Kier alpha value is -3.53. The van der Waals surface area contributed by atoms with E-state index < -0.39 is 13.7 Å². The van der Waals surface area contributed by atoms with Gasteiger partial charge in [-0.3, -0.25) is 4.68 Å². The van der Waals surface area contributed by atoms with Crippen LogP contribution in [0.2, 0.25) is 18.1 Å². The van der Waals surface area contributed by atoms with Crippen LogP contribution in [0.3, 0.4) is 0 Å². The van der Waals surface area contributed by atoms with E-state index in [1.807, 2.05) is 27.8 Å². The fraction of sp³-hybridized carbons (Fsp3) is 0.559. The molecule has 0 bridgehead atoms. The lowest BCUT2D eigenvalue weighted by molar-refractivity contribution is 0.189. The number of benzene rings is 1. The first-order valence-electron chi connectivity index (χ1n) is 16.1. The second-order valence-corrected chi connectivity index (χ2v) is 19.3. The highest BCUT2D eigenvalue weighted by molar-refractivity contribution is 6.74. The van der Waals surface area contributed by atoms with E-state index in [1.165, 1.54) is 7.41 Å². The Morgan fingerprint density at radius 1 is 1.28 bits per heavy atom. The molecule has 3 heterocycles. The van der Waals surface area contributed by atoms with E-state index in [9.17, 15) is 10.1 Å². The van der Waals surface area contributed by atoms with Crippen LogP contribution in [0.25, 0.3) is 11.3 Å². The highest BCUT2D eigenvalue weighted by Gasteiger charge is 2.44. The number of anilines is 3. The van der Waals surface area contributed by atoms with Crippen molar-refractivity contribution in [3.8, 4) is 17.3 Å². The van der Waals surface area contributed by atoms with E-state index in [4.69, 9.17) is 19.2 Å². The van der Waals surface area contributed by atoms with Crippen molar-refractivity contribution in [1.82, 2.24) is 19.7 Å². The molecule has 1 aromatic carbocycles. The van der Waals surface area contributed by atoms with Gasteiger partial charge in [0.15, 0.2) is 8.32 Å². The van der Waals surface area contributed by atoms with Crippen LogP contribution in [0.5, 0.6) is 0 Å². The Morgan fingerprint density at radius 3 is 2.70 bits per heavy atom. The van der Waals surface area contributed by atoms with Gasteiger partial charge in [0, 0.05) is 62.5 Å². The molecule has 0 amide bonds. The van der Waals surface area contributed by atoms with Gasteiger partial charge in [-0.25, -0.2) is 9.97 Å². The predicted molar refractivity (Wildman–Crippen MR) is 188 cm³/mol. The molecule has 0 unspecified atom stereocenters. The van der Waals surface area contributed by atoms with Crippen molar-refractivity contribution >= 4 is 39.2 Å². The third-order valence-electron chi connectivity index (χ3n) is 9.22. The first-order valence-corrected chi connectivity index (χ1v) is 19.1. The molecule has 4 rings (SSSR count). The van der Waals surface area contributed by atoms with E-state index >= 15 is 0 Å². The number of rotatable bonds is 15. The number of ether oxygens (including phenoxy) is 1. The summed E-state index contributed by atoms with van der Waals surface area (Å²) in [5, 5.41) is 18.6. The number of fused-ring (bicyclic) bond motifs is 1. The minimum Gasteiger partial charge on any atom is -0.416 e. The van der Waals surface area contributed by atoms with E-state index in [2.05, 4.69) is 77.1 Å². The number of carbonyl (C=O) groups is 1. The van der Waals surface area contributed by atoms with Crippen LogP contribution in [-0.2, 0) is 32.3 Å². The lowest BCUT2D eigenvalue weighted by Crippen LogP contribution is -2.46. The summed E-state index contributed by atoms with van der Waals surface area (Å²) >= 11 is 0. The van der Waals surface area contributed by atoms with Gasteiger partial charge >= 0.3 is 7.41 Å². The smallest absolute Gasteiger partial charge is 0.329 e. The quantitative estimate of drug-likeness (QED) is 0.113. The molecule has 1 aliphatic heterocycles. The number of aromatic nitrogens is 4. The average molecular weight is 643 g/mol. The summed E-state index contributed by atoms with van der Waals surface area (Å²) in [6.07, 6.45) is 7.25. The molecule has 0 saturated heterocycles. The van der Waals surface area contributed by atoms with Crippen molar-refractivity contribution < 1.29 is 14.0 Å². The molecule has 0 aliphatic carbocycles. The minimum atomic E-state index is -2.06. The Bertz CT molecular complexity index is 1560. The first kappa shape index (κ1) is 35.3. The third kappa shape index (κ3) is 8.06.